The van der Waals surface area contributed by atoms with Crippen LogP contribution in [0.4, 0.5) is 0 Å². The van der Waals surface area contributed by atoms with Crippen LogP contribution in [0.25, 0.3) is 6.08 Å². The van der Waals surface area contributed by atoms with E-state index in [1.807, 2.05) is 6.07 Å². The molecule has 0 spiro atoms. The molecular weight excluding hydrogens is 322 g/mol. The first kappa shape index (κ1) is 20.4. The van der Waals surface area contributed by atoms with E-state index in [0.717, 1.165) is 31.9 Å². The van der Waals surface area contributed by atoms with Crippen molar-refractivity contribution < 1.29 is 4.74 Å². The van der Waals surface area contributed by atoms with Crippen LogP contribution >= 0.6 is 0 Å². The first-order valence-corrected chi connectivity index (χ1v) is 9.31. The van der Waals surface area contributed by atoms with Crippen LogP contribution in [0.3, 0.4) is 0 Å². The maximum Gasteiger partial charge on any atom is 0.0641 e. The lowest BCUT2D eigenvalue weighted by Crippen LogP contribution is -2.28. The molecule has 0 aliphatic carbocycles. The van der Waals surface area contributed by atoms with Gasteiger partial charge >= 0.3 is 0 Å². The summed E-state index contributed by atoms with van der Waals surface area (Å²) >= 11 is 0. The quantitative estimate of drug-likeness (QED) is 0.702. The van der Waals surface area contributed by atoms with Crippen molar-refractivity contribution in [2.24, 2.45) is 0 Å². The third kappa shape index (κ3) is 5.55. The minimum Gasteiger partial charge on any atom is -0.383 e. The van der Waals surface area contributed by atoms with Crippen molar-refractivity contribution in [1.29, 1.82) is 0 Å². The zero-order chi connectivity index (χ0) is 19.2. The summed E-state index contributed by atoms with van der Waals surface area (Å²) in [5, 5.41) is 4.78. The summed E-state index contributed by atoms with van der Waals surface area (Å²) in [6.07, 6.45) is 4.40. The molecule has 0 N–H and O–H groups in total. The van der Waals surface area contributed by atoms with Gasteiger partial charge < -0.3 is 4.74 Å². The molecule has 0 bridgehead atoms. The highest BCUT2D eigenvalue weighted by molar-refractivity contribution is 5.48. The number of aromatic nitrogens is 2. The molecule has 2 aromatic rings. The van der Waals surface area contributed by atoms with Crippen LogP contribution < -0.4 is 0 Å². The number of ether oxygens (including phenoxy) is 1. The van der Waals surface area contributed by atoms with Gasteiger partial charge in [-0.25, -0.2) is 0 Å². The third-order valence-corrected chi connectivity index (χ3v) is 4.54. The van der Waals surface area contributed by atoms with Crippen LogP contribution in [-0.4, -0.2) is 41.5 Å². The molecule has 0 amide bonds. The number of hydrogen-bond acceptors (Lipinski definition) is 3. The number of nitrogens with zero attached hydrogens (tertiary/aromatic N) is 3. The smallest absolute Gasteiger partial charge is 0.0641 e. The molecule has 4 heteroatoms. The standard InChI is InChI=1S/C22H33N3O/c1-18-21(19(2)25(23-18)22(3,4)5)17-24(15-16-26-6)14-10-13-20-11-8-7-9-12-20/h7-13H,14-17H2,1-6H3/b13-10+. The Morgan fingerprint density at radius 2 is 1.85 bits per heavy atom. The Kier molecular flexibility index (Phi) is 7.18. The van der Waals surface area contributed by atoms with E-state index in [-0.39, 0.29) is 5.54 Å². The Hall–Kier alpha value is -1.91. The van der Waals surface area contributed by atoms with E-state index in [4.69, 9.17) is 9.84 Å². The molecule has 0 aliphatic rings. The van der Waals surface area contributed by atoms with Crippen molar-refractivity contribution in [1.82, 2.24) is 14.7 Å². The summed E-state index contributed by atoms with van der Waals surface area (Å²) in [5.41, 5.74) is 4.92. The third-order valence-electron chi connectivity index (χ3n) is 4.54. The summed E-state index contributed by atoms with van der Waals surface area (Å²) in [4.78, 5) is 2.41. The SMILES string of the molecule is COCCN(C/C=C/c1ccccc1)Cc1c(C)nn(C(C)(C)C)c1C. The molecule has 0 aliphatic heterocycles. The molecule has 0 atom stereocenters. The molecule has 1 heterocycles. The zero-order valence-corrected chi connectivity index (χ0v) is 17.1. The topological polar surface area (TPSA) is 30.3 Å². The summed E-state index contributed by atoms with van der Waals surface area (Å²) in [6.45, 7) is 14.3. The van der Waals surface area contributed by atoms with E-state index in [1.54, 1.807) is 7.11 Å². The van der Waals surface area contributed by atoms with Crippen molar-refractivity contribution in [3.05, 3.63) is 58.9 Å². The molecule has 0 fully saturated rings. The number of aryl methyl sites for hydroxylation is 1. The Bertz CT molecular complexity index is 711. The van der Waals surface area contributed by atoms with E-state index in [2.05, 4.69) is 80.6 Å². The Labute approximate surface area is 158 Å². The average molecular weight is 356 g/mol. The second-order valence-electron chi connectivity index (χ2n) is 7.77. The fraction of sp³-hybridized carbons (Fsp3) is 0.500. The highest BCUT2D eigenvalue weighted by atomic mass is 16.5. The Morgan fingerprint density at radius 3 is 2.42 bits per heavy atom. The maximum atomic E-state index is 5.31. The number of methoxy groups -OCH3 is 1. The molecular formula is C22H33N3O. The maximum absolute atomic E-state index is 5.31. The first-order valence-electron chi connectivity index (χ1n) is 9.31. The molecule has 26 heavy (non-hydrogen) atoms. The van der Waals surface area contributed by atoms with E-state index in [0.29, 0.717) is 0 Å². The van der Waals surface area contributed by atoms with Gasteiger partial charge in [0.2, 0.25) is 0 Å². The Balaban J connectivity index is 2.13. The molecule has 1 aromatic carbocycles. The van der Waals surface area contributed by atoms with Crippen LogP contribution in [0.2, 0.25) is 0 Å². The van der Waals surface area contributed by atoms with Crippen molar-refractivity contribution in [3.8, 4) is 0 Å². The van der Waals surface area contributed by atoms with Gasteiger partial charge in [0, 0.05) is 38.0 Å². The van der Waals surface area contributed by atoms with Gasteiger partial charge in [-0.05, 0) is 40.2 Å². The summed E-state index contributed by atoms with van der Waals surface area (Å²) in [6, 6.07) is 10.4. The van der Waals surface area contributed by atoms with Gasteiger partial charge in [0.25, 0.3) is 0 Å². The second-order valence-corrected chi connectivity index (χ2v) is 7.77. The molecule has 0 saturated heterocycles. The molecule has 4 nitrogen and oxygen atoms in total. The van der Waals surface area contributed by atoms with Gasteiger partial charge in [-0.2, -0.15) is 5.10 Å². The van der Waals surface area contributed by atoms with E-state index in [9.17, 15) is 0 Å². The van der Waals surface area contributed by atoms with Gasteiger partial charge in [0.15, 0.2) is 0 Å². The van der Waals surface area contributed by atoms with Gasteiger partial charge in [-0.1, -0.05) is 42.5 Å². The highest BCUT2D eigenvalue weighted by Crippen LogP contribution is 2.22. The molecule has 0 saturated carbocycles. The Morgan fingerprint density at radius 1 is 1.15 bits per heavy atom. The minimum absolute atomic E-state index is 0.00232. The number of rotatable bonds is 8. The lowest BCUT2D eigenvalue weighted by Gasteiger charge is -2.23. The second kappa shape index (κ2) is 9.15. The van der Waals surface area contributed by atoms with Crippen molar-refractivity contribution >= 4 is 6.08 Å². The monoisotopic (exact) mass is 355 g/mol. The van der Waals surface area contributed by atoms with E-state index >= 15 is 0 Å². The normalized spacial score (nSPS) is 12.4. The van der Waals surface area contributed by atoms with Gasteiger partial charge in [-0.3, -0.25) is 9.58 Å². The predicted octanol–water partition coefficient (Wildman–Crippen LogP) is 4.42. The fourth-order valence-corrected chi connectivity index (χ4v) is 3.14. The summed E-state index contributed by atoms with van der Waals surface area (Å²) in [7, 11) is 1.76. The van der Waals surface area contributed by atoms with Gasteiger partial charge in [-0.15, -0.1) is 0 Å². The molecule has 0 radical (unpaired) electrons. The minimum atomic E-state index is -0.00232. The van der Waals surface area contributed by atoms with Crippen LogP contribution in [-0.2, 0) is 16.8 Å². The summed E-state index contributed by atoms with van der Waals surface area (Å²) in [5.74, 6) is 0. The highest BCUT2D eigenvalue weighted by Gasteiger charge is 2.21. The molecule has 142 valence electrons. The lowest BCUT2D eigenvalue weighted by molar-refractivity contribution is 0.151. The number of hydrogen-bond donors (Lipinski definition) is 0. The average Bonchev–Trinajstić information content (AvgIpc) is 2.88. The van der Waals surface area contributed by atoms with Crippen molar-refractivity contribution in [3.63, 3.8) is 0 Å². The van der Waals surface area contributed by atoms with Crippen LogP contribution in [0, 0.1) is 13.8 Å². The van der Waals surface area contributed by atoms with Gasteiger partial charge in [0.05, 0.1) is 17.8 Å². The van der Waals surface area contributed by atoms with Crippen LogP contribution in [0.1, 0.15) is 43.3 Å². The predicted molar refractivity (Wildman–Crippen MR) is 109 cm³/mol. The number of benzene rings is 1. The zero-order valence-electron chi connectivity index (χ0n) is 17.1. The summed E-state index contributed by atoms with van der Waals surface area (Å²) < 4.78 is 7.45. The first-order chi connectivity index (χ1) is 12.3. The molecule has 0 unspecified atom stereocenters. The van der Waals surface area contributed by atoms with Crippen molar-refractivity contribution in [2.45, 2.75) is 46.7 Å². The lowest BCUT2D eigenvalue weighted by atomic mass is 10.1. The van der Waals surface area contributed by atoms with E-state index in [1.165, 1.54) is 16.8 Å². The van der Waals surface area contributed by atoms with Gasteiger partial charge in [0.1, 0.15) is 0 Å². The fourth-order valence-electron chi connectivity index (χ4n) is 3.14. The van der Waals surface area contributed by atoms with E-state index < -0.39 is 0 Å². The van der Waals surface area contributed by atoms with Crippen LogP contribution in [0.5, 0.6) is 0 Å². The largest absolute Gasteiger partial charge is 0.383 e. The van der Waals surface area contributed by atoms with Crippen molar-refractivity contribution in [2.75, 3.05) is 26.8 Å². The molecule has 2 rings (SSSR count). The molecule has 1 aromatic heterocycles. The van der Waals surface area contributed by atoms with Crippen LogP contribution in [0.15, 0.2) is 36.4 Å².